The summed E-state index contributed by atoms with van der Waals surface area (Å²) in [5.41, 5.74) is 8.03. The first kappa shape index (κ1) is 28.7. The second-order valence-electron chi connectivity index (χ2n) is 9.67. The number of carbonyl (C=O) groups is 2. The summed E-state index contributed by atoms with van der Waals surface area (Å²) in [5, 5.41) is 26.6. The van der Waals surface area contributed by atoms with Crippen LogP contribution in [0.2, 0.25) is 0 Å². The molecular weight excluding hydrogens is 546 g/mol. The van der Waals surface area contributed by atoms with E-state index in [0.717, 1.165) is 11.1 Å². The molecule has 5 atom stereocenters. The van der Waals surface area contributed by atoms with E-state index in [9.17, 15) is 19.8 Å². The SMILES string of the molecule is COc1ccc(C[C@@H](NC(=O)OCc2ccccc2)C(=O)N[C@H]2[C@@H](O)[C@@H](n3cnc4c(N)ncnc43)O[C@H]2CO)cc1. The van der Waals surface area contributed by atoms with Crippen LogP contribution >= 0.6 is 0 Å². The van der Waals surface area contributed by atoms with Crippen molar-refractivity contribution in [1.82, 2.24) is 30.2 Å². The Bertz CT molecular complexity index is 1520. The fourth-order valence-corrected chi connectivity index (χ4v) is 4.74. The number of aliphatic hydroxyl groups excluding tert-OH is 2. The minimum atomic E-state index is -1.31. The molecule has 0 bridgehead atoms. The quantitative estimate of drug-likeness (QED) is 0.178. The van der Waals surface area contributed by atoms with Gasteiger partial charge in [-0.3, -0.25) is 9.36 Å². The summed E-state index contributed by atoms with van der Waals surface area (Å²) < 4.78 is 17.9. The number of imidazole rings is 1. The number of ether oxygens (including phenoxy) is 3. The number of carbonyl (C=O) groups excluding carboxylic acids is 2. The van der Waals surface area contributed by atoms with Crippen molar-refractivity contribution in [3.8, 4) is 5.75 Å². The molecule has 1 aliphatic rings. The number of nitrogens with two attached hydrogens (primary N) is 1. The molecule has 1 fully saturated rings. The van der Waals surface area contributed by atoms with Crippen LogP contribution in [0.5, 0.6) is 5.75 Å². The van der Waals surface area contributed by atoms with Crippen LogP contribution in [0.25, 0.3) is 11.2 Å². The molecule has 1 aliphatic heterocycles. The molecule has 3 heterocycles. The first-order valence-electron chi connectivity index (χ1n) is 13.2. The number of nitrogens with one attached hydrogen (secondary N) is 2. The van der Waals surface area contributed by atoms with Crippen molar-refractivity contribution in [2.75, 3.05) is 19.5 Å². The van der Waals surface area contributed by atoms with E-state index in [1.807, 2.05) is 30.3 Å². The van der Waals surface area contributed by atoms with Crippen molar-refractivity contribution in [2.24, 2.45) is 0 Å². The Balaban J connectivity index is 1.32. The minimum Gasteiger partial charge on any atom is -0.497 e. The lowest BCUT2D eigenvalue weighted by molar-refractivity contribution is -0.124. The van der Waals surface area contributed by atoms with Gasteiger partial charge >= 0.3 is 6.09 Å². The highest BCUT2D eigenvalue weighted by Gasteiger charge is 2.46. The number of fused-ring (bicyclic) bond motifs is 1. The summed E-state index contributed by atoms with van der Waals surface area (Å²) in [6.07, 6.45) is -1.38. The Hall–Kier alpha value is -4.79. The predicted octanol–water partition coefficient (Wildman–Crippen LogP) is 0.690. The zero-order chi connectivity index (χ0) is 29.6. The molecule has 0 saturated carbocycles. The van der Waals surface area contributed by atoms with E-state index in [0.29, 0.717) is 16.9 Å². The van der Waals surface area contributed by atoms with Gasteiger partial charge in [-0.15, -0.1) is 0 Å². The number of rotatable bonds is 10. The molecule has 6 N–H and O–H groups in total. The van der Waals surface area contributed by atoms with Crippen molar-refractivity contribution in [2.45, 2.75) is 43.5 Å². The minimum absolute atomic E-state index is 0.0138. The molecular formula is C28H31N7O7. The first-order chi connectivity index (χ1) is 20.4. The summed E-state index contributed by atoms with van der Waals surface area (Å²) in [6.45, 7) is -0.488. The third kappa shape index (κ3) is 6.25. The molecule has 0 spiro atoms. The molecule has 2 amide bonds. The van der Waals surface area contributed by atoms with E-state index < -0.39 is 49.1 Å². The number of aliphatic hydroxyl groups is 2. The van der Waals surface area contributed by atoms with Crippen LogP contribution < -0.4 is 21.1 Å². The van der Waals surface area contributed by atoms with Crippen molar-refractivity contribution in [3.05, 3.63) is 78.4 Å². The van der Waals surface area contributed by atoms with E-state index >= 15 is 0 Å². The van der Waals surface area contributed by atoms with Gasteiger partial charge in [-0.05, 0) is 23.3 Å². The molecule has 14 nitrogen and oxygen atoms in total. The molecule has 14 heteroatoms. The molecule has 2 aromatic carbocycles. The van der Waals surface area contributed by atoms with Gasteiger partial charge in [0, 0.05) is 6.42 Å². The molecule has 2 aromatic heterocycles. The third-order valence-electron chi connectivity index (χ3n) is 6.95. The highest BCUT2D eigenvalue weighted by atomic mass is 16.6. The van der Waals surface area contributed by atoms with Crippen LogP contribution in [0, 0.1) is 0 Å². The molecule has 4 aromatic rings. The number of alkyl carbamates (subject to hydrolysis) is 1. The number of hydrogen-bond acceptors (Lipinski definition) is 11. The predicted molar refractivity (Wildman–Crippen MR) is 149 cm³/mol. The highest BCUT2D eigenvalue weighted by Crippen LogP contribution is 2.32. The zero-order valence-corrected chi connectivity index (χ0v) is 22.7. The second-order valence-corrected chi connectivity index (χ2v) is 9.67. The molecule has 220 valence electrons. The van der Waals surface area contributed by atoms with Crippen molar-refractivity contribution in [1.29, 1.82) is 0 Å². The maximum atomic E-state index is 13.6. The van der Waals surface area contributed by atoms with E-state index in [1.165, 1.54) is 17.2 Å². The van der Waals surface area contributed by atoms with Gasteiger partial charge < -0.3 is 40.8 Å². The number of benzene rings is 2. The third-order valence-corrected chi connectivity index (χ3v) is 6.95. The van der Waals surface area contributed by atoms with E-state index in [1.54, 1.807) is 31.4 Å². The van der Waals surface area contributed by atoms with Gasteiger partial charge in [0.25, 0.3) is 0 Å². The van der Waals surface area contributed by atoms with E-state index in [2.05, 4.69) is 25.6 Å². The Morgan fingerprint density at radius 3 is 2.57 bits per heavy atom. The van der Waals surface area contributed by atoms with Gasteiger partial charge in [-0.1, -0.05) is 42.5 Å². The molecule has 1 saturated heterocycles. The Morgan fingerprint density at radius 1 is 1.10 bits per heavy atom. The van der Waals surface area contributed by atoms with Crippen LogP contribution in [0.3, 0.4) is 0 Å². The largest absolute Gasteiger partial charge is 0.497 e. The maximum Gasteiger partial charge on any atom is 0.408 e. The normalized spacial score (nSPS) is 20.6. The number of nitrogen functional groups attached to an aromatic ring is 1. The number of aromatic nitrogens is 4. The number of amides is 2. The lowest BCUT2D eigenvalue weighted by atomic mass is 10.0. The lowest BCUT2D eigenvalue weighted by Crippen LogP contribution is -2.55. The zero-order valence-electron chi connectivity index (χ0n) is 22.7. The van der Waals surface area contributed by atoms with Crippen LogP contribution in [0.15, 0.2) is 67.3 Å². The number of hydrogen-bond donors (Lipinski definition) is 5. The molecule has 42 heavy (non-hydrogen) atoms. The maximum absolute atomic E-state index is 13.6. The van der Waals surface area contributed by atoms with Crippen LogP contribution in [-0.4, -0.2) is 79.7 Å². The summed E-state index contributed by atoms with van der Waals surface area (Å²) in [7, 11) is 1.55. The standard InChI is InChI=1S/C28H31N7O7/c1-40-18-9-7-16(8-10-18)11-19(33-28(39)41-13-17-5-3-2-4-6-17)26(38)34-21-20(12-36)42-27(23(21)37)35-15-32-22-24(29)30-14-31-25(22)35/h2-10,14-15,19-21,23,27,36-37H,11-13H2,1H3,(H,33,39)(H,34,38)(H2,29,30,31)/t19-,20+,21-,23-,27+/m1/s1. The highest BCUT2D eigenvalue weighted by molar-refractivity contribution is 5.86. The van der Waals surface area contributed by atoms with Gasteiger partial charge in [0.2, 0.25) is 5.91 Å². The number of nitrogens with zero attached hydrogens (tertiary/aromatic N) is 4. The second kappa shape index (κ2) is 12.8. The topological polar surface area (TPSA) is 196 Å². The summed E-state index contributed by atoms with van der Waals surface area (Å²) in [4.78, 5) is 38.6. The Labute approximate surface area is 240 Å². The smallest absolute Gasteiger partial charge is 0.408 e. The average Bonchev–Trinajstić information content (AvgIpc) is 3.58. The van der Waals surface area contributed by atoms with E-state index in [4.69, 9.17) is 19.9 Å². The van der Waals surface area contributed by atoms with Gasteiger partial charge in [0.05, 0.1) is 26.1 Å². The Kier molecular flexibility index (Phi) is 8.76. The molecule has 0 unspecified atom stereocenters. The molecule has 0 aliphatic carbocycles. The molecule has 5 rings (SSSR count). The van der Waals surface area contributed by atoms with Crippen molar-refractivity contribution < 1.29 is 34.0 Å². The summed E-state index contributed by atoms with van der Waals surface area (Å²) in [6, 6.07) is 14.0. The van der Waals surface area contributed by atoms with Crippen LogP contribution in [0.4, 0.5) is 10.6 Å². The number of anilines is 1. The summed E-state index contributed by atoms with van der Waals surface area (Å²) >= 11 is 0. The van der Waals surface area contributed by atoms with Gasteiger partial charge in [-0.25, -0.2) is 19.7 Å². The molecule has 0 radical (unpaired) electrons. The number of methoxy groups -OCH3 is 1. The lowest BCUT2D eigenvalue weighted by Gasteiger charge is -2.25. The fraction of sp³-hybridized carbons (Fsp3) is 0.321. The van der Waals surface area contributed by atoms with E-state index in [-0.39, 0.29) is 18.8 Å². The van der Waals surface area contributed by atoms with Crippen LogP contribution in [0.1, 0.15) is 17.4 Å². The van der Waals surface area contributed by atoms with Gasteiger partial charge in [0.15, 0.2) is 17.7 Å². The van der Waals surface area contributed by atoms with Crippen molar-refractivity contribution in [3.63, 3.8) is 0 Å². The Morgan fingerprint density at radius 2 is 1.86 bits per heavy atom. The fourth-order valence-electron chi connectivity index (χ4n) is 4.74. The van der Waals surface area contributed by atoms with Crippen molar-refractivity contribution >= 4 is 29.0 Å². The monoisotopic (exact) mass is 577 g/mol. The van der Waals surface area contributed by atoms with Gasteiger partial charge in [-0.2, -0.15) is 0 Å². The summed E-state index contributed by atoms with van der Waals surface area (Å²) in [5.74, 6) is 0.176. The first-order valence-corrected chi connectivity index (χ1v) is 13.2. The van der Waals surface area contributed by atoms with Gasteiger partial charge in [0.1, 0.15) is 42.5 Å². The average molecular weight is 578 g/mol. The van der Waals surface area contributed by atoms with Crippen LogP contribution in [-0.2, 0) is 27.3 Å².